The third-order valence-corrected chi connectivity index (χ3v) is 3.80. The van der Waals surface area contributed by atoms with E-state index in [0.717, 1.165) is 32.6 Å². The van der Waals surface area contributed by atoms with Crippen molar-refractivity contribution in [2.45, 2.75) is 19.6 Å². The Hall–Kier alpha value is -0.620. The zero-order chi connectivity index (χ0) is 14.5. The monoisotopic (exact) mass is 401 g/mol. The van der Waals surface area contributed by atoms with Crippen molar-refractivity contribution >= 4 is 31.9 Å². The van der Waals surface area contributed by atoms with E-state index < -0.39 is 0 Å². The van der Waals surface area contributed by atoms with Crippen molar-refractivity contribution in [1.82, 2.24) is 5.32 Å². The third kappa shape index (κ3) is 3.95. The van der Waals surface area contributed by atoms with Crippen molar-refractivity contribution < 1.29 is 9.15 Å². The molecule has 1 atom stereocenters. The molecule has 0 aliphatic carbocycles. The van der Waals surface area contributed by atoms with Gasteiger partial charge in [-0.3, -0.25) is 0 Å². The molecule has 1 heterocycles. The highest BCUT2D eigenvalue weighted by atomic mass is 79.9. The van der Waals surface area contributed by atoms with Gasteiger partial charge in [0.05, 0.1) is 6.04 Å². The van der Waals surface area contributed by atoms with Crippen LogP contribution in [-0.2, 0) is 11.3 Å². The minimum atomic E-state index is 0.0272. The predicted octanol–water partition coefficient (Wildman–Crippen LogP) is 4.65. The first-order valence-corrected chi connectivity index (χ1v) is 7.99. The van der Waals surface area contributed by atoms with E-state index in [0.29, 0.717) is 6.61 Å². The Morgan fingerprint density at radius 2 is 1.90 bits per heavy atom. The largest absolute Gasteiger partial charge is 0.462 e. The van der Waals surface area contributed by atoms with Gasteiger partial charge in [-0.15, -0.1) is 0 Å². The summed E-state index contributed by atoms with van der Waals surface area (Å²) in [6.07, 6.45) is 0. The van der Waals surface area contributed by atoms with Crippen molar-refractivity contribution in [2.75, 3.05) is 13.7 Å². The Morgan fingerprint density at radius 3 is 2.50 bits per heavy atom. The Labute approximate surface area is 136 Å². The lowest BCUT2D eigenvalue weighted by atomic mass is 10.0. The molecule has 0 fully saturated rings. The summed E-state index contributed by atoms with van der Waals surface area (Å²) in [5.74, 6) is 1.73. The van der Waals surface area contributed by atoms with Crippen LogP contribution in [0.1, 0.15) is 30.0 Å². The Balaban J connectivity index is 2.33. The van der Waals surface area contributed by atoms with Gasteiger partial charge in [0, 0.05) is 16.1 Å². The number of nitrogens with one attached hydrogen (secondary N) is 1. The molecule has 1 unspecified atom stereocenters. The molecular formula is C15H17Br2NO2. The average Bonchev–Trinajstić information content (AvgIpc) is 2.83. The maximum Gasteiger partial charge on any atom is 0.129 e. The van der Waals surface area contributed by atoms with E-state index in [-0.39, 0.29) is 6.04 Å². The molecule has 0 saturated carbocycles. The first kappa shape index (κ1) is 15.8. The van der Waals surface area contributed by atoms with Crippen LogP contribution in [0.5, 0.6) is 0 Å². The molecule has 0 aliphatic heterocycles. The van der Waals surface area contributed by atoms with Crippen molar-refractivity contribution in [3.05, 3.63) is 56.4 Å². The van der Waals surface area contributed by atoms with E-state index in [1.54, 1.807) is 7.11 Å². The molecule has 2 aromatic rings. The van der Waals surface area contributed by atoms with Gasteiger partial charge in [-0.1, -0.05) is 38.8 Å². The summed E-state index contributed by atoms with van der Waals surface area (Å²) >= 11 is 7.05. The van der Waals surface area contributed by atoms with E-state index in [9.17, 15) is 0 Å². The van der Waals surface area contributed by atoms with Crippen LogP contribution in [0.15, 0.2) is 43.7 Å². The lowest BCUT2D eigenvalue weighted by molar-refractivity contribution is 0.162. The second kappa shape index (κ2) is 7.41. The van der Waals surface area contributed by atoms with Crippen LogP contribution in [0.25, 0.3) is 0 Å². The number of methoxy groups -OCH3 is 1. The molecule has 0 spiro atoms. The maximum atomic E-state index is 5.85. The van der Waals surface area contributed by atoms with Gasteiger partial charge in [-0.2, -0.15) is 0 Å². The van der Waals surface area contributed by atoms with Crippen molar-refractivity contribution in [2.24, 2.45) is 0 Å². The summed E-state index contributed by atoms with van der Waals surface area (Å²) in [4.78, 5) is 0. The van der Waals surface area contributed by atoms with Crippen LogP contribution in [0, 0.1) is 0 Å². The van der Waals surface area contributed by atoms with Gasteiger partial charge < -0.3 is 14.5 Å². The fourth-order valence-electron chi connectivity index (χ4n) is 2.10. The third-order valence-electron chi connectivity index (χ3n) is 2.88. The van der Waals surface area contributed by atoms with Gasteiger partial charge in [0.15, 0.2) is 0 Å². The normalized spacial score (nSPS) is 12.6. The van der Waals surface area contributed by atoms with Crippen LogP contribution >= 0.6 is 31.9 Å². The summed E-state index contributed by atoms with van der Waals surface area (Å²) in [6, 6.07) is 10.2. The molecule has 2 rings (SSSR count). The van der Waals surface area contributed by atoms with Gasteiger partial charge in [0.1, 0.15) is 18.1 Å². The quantitative estimate of drug-likeness (QED) is 0.763. The lowest BCUT2D eigenvalue weighted by Gasteiger charge is -2.17. The first-order chi connectivity index (χ1) is 9.63. The number of ether oxygens (including phenoxy) is 1. The highest BCUT2D eigenvalue weighted by Crippen LogP contribution is 2.29. The molecule has 0 amide bonds. The Morgan fingerprint density at radius 1 is 1.20 bits per heavy atom. The first-order valence-electron chi connectivity index (χ1n) is 6.41. The molecule has 3 nitrogen and oxygen atoms in total. The van der Waals surface area contributed by atoms with E-state index in [1.807, 2.05) is 18.2 Å². The number of hydrogen-bond donors (Lipinski definition) is 1. The summed E-state index contributed by atoms with van der Waals surface area (Å²) in [6.45, 7) is 3.43. The van der Waals surface area contributed by atoms with Gasteiger partial charge in [-0.25, -0.2) is 0 Å². The minimum Gasteiger partial charge on any atom is -0.462 e. The molecule has 0 radical (unpaired) electrons. The van der Waals surface area contributed by atoms with E-state index in [4.69, 9.17) is 9.15 Å². The minimum absolute atomic E-state index is 0.0272. The molecule has 20 heavy (non-hydrogen) atoms. The molecule has 5 heteroatoms. The van der Waals surface area contributed by atoms with E-state index in [1.165, 1.54) is 0 Å². The highest BCUT2D eigenvalue weighted by Gasteiger charge is 2.18. The Kier molecular flexibility index (Phi) is 5.84. The molecule has 1 N–H and O–H groups in total. The predicted molar refractivity (Wildman–Crippen MR) is 86.8 cm³/mol. The van der Waals surface area contributed by atoms with Gasteiger partial charge in [0.25, 0.3) is 0 Å². The van der Waals surface area contributed by atoms with Crippen molar-refractivity contribution in [3.8, 4) is 0 Å². The van der Waals surface area contributed by atoms with Crippen LogP contribution in [0.2, 0.25) is 0 Å². The SMILES string of the molecule is CCNC(c1cc(Br)cc(Br)c1)c1ccc(COC)o1. The zero-order valence-corrected chi connectivity index (χ0v) is 14.6. The molecular weight excluding hydrogens is 386 g/mol. The summed E-state index contributed by atoms with van der Waals surface area (Å²) in [7, 11) is 1.66. The molecule has 0 bridgehead atoms. The number of benzene rings is 1. The maximum absolute atomic E-state index is 5.85. The molecule has 0 aliphatic rings. The van der Waals surface area contributed by atoms with E-state index in [2.05, 4.69) is 56.2 Å². The average molecular weight is 403 g/mol. The second-order valence-corrected chi connectivity index (χ2v) is 6.26. The molecule has 1 aromatic heterocycles. The van der Waals surface area contributed by atoms with Crippen LogP contribution in [-0.4, -0.2) is 13.7 Å². The van der Waals surface area contributed by atoms with E-state index >= 15 is 0 Å². The number of rotatable bonds is 6. The number of halogens is 2. The molecule has 1 aromatic carbocycles. The second-order valence-electron chi connectivity index (χ2n) is 4.43. The van der Waals surface area contributed by atoms with Crippen molar-refractivity contribution in [1.29, 1.82) is 0 Å². The Bertz CT molecular complexity index is 549. The molecule has 108 valence electrons. The van der Waals surface area contributed by atoms with Gasteiger partial charge >= 0.3 is 0 Å². The summed E-state index contributed by atoms with van der Waals surface area (Å²) in [5, 5.41) is 3.45. The standard InChI is InChI=1S/C15H17Br2NO2/c1-3-18-15(10-6-11(16)8-12(17)7-10)14-5-4-13(20-14)9-19-2/h4-8,15,18H,3,9H2,1-2H3. The lowest BCUT2D eigenvalue weighted by Crippen LogP contribution is -2.21. The van der Waals surface area contributed by atoms with Gasteiger partial charge in [-0.05, 0) is 42.4 Å². The summed E-state index contributed by atoms with van der Waals surface area (Å²) < 4.78 is 13.0. The smallest absolute Gasteiger partial charge is 0.129 e. The van der Waals surface area contributed by atoms with Crippen molar-refractivity contribution in [3.63, 3.8) is 0 Å². The number of hydrogen-bond acceptors (Lipinski definition) is 3. The van der Waals surface area contributed by atoms with Gasteiger partial charge in [0.2, 0.25) is 0 Å². The fourth-order valence-corrected chi connectivity index (χ4v) is 3.43. The van der Waals surface area contributed by atoms with Crippen LogP contribution in [0.4, 0.5) is 0 Å². The van der Waals surface area contributed by atoms with Crippen LogP contribution in [0.3, 0.4) is 0 Å². The topological polar surface area (TPSA) is 34.4 Å². The zero-order valence-electron chi connectivity index (χ0n) is 11.5. The number of furan rings is 1. The summed E-state index contributed by atoms with van der Waals surface area (Å²) in [5.41, 5.74) is 1.14. The highest BCUT2D eigenvalue weighted by molar-refractivity contribution is 9.11. The fraction of sp³-hybridized carbons (Fsp3) is 0.333. The van der Waals surface area contributed by atoms with Crippen LogP contribution < -0.4 is 5.32 Å². The molecule has 0 saturated heterocycles.